The molecule has 23 heavy (non-hydrogen) atoms. The Labute approximate surface area is 140 Å². The van der Waals surface area contributed by atoms with Crippen LogP contribution in [0.5, 0.6) is 0 Å². The number of carbonyl (C=O) groups excluding carboxylic acids is 1. The molecule has 0 radical (unpaired) electrons. The lowest BCUT2D eigenvalue weighted by molar-refractivity contribution is -0.117. The molecule has 5 nitrogen and oxygen atoms in total. The molecule has 1 amide bonds. The molecular weight excluding hydrogens is 308 g/mol. The van der Waals surface area contributed by atoms with Crippen LogP contribution in [-0.4, -0.2) is 28.6 Å². The fourth-order valence-corrected chi connectivity index (χ4v) is 3.52. The van der Waals surface area contributed by atoms with Gasteiger partial charge in [0.15, 0.2) is 0 Å². The third kappa shape index (κ3) is 4.36. The van der Waals surface area contributed by atoms with Crippen molar-refractivity contribution in [3.05, 3.63) is 29.6 Å². The first-order valence-electron chi connectivity index (χ1n) is 8.10. The van der Waals surface area contributed by atoms with Crippen molar-refractivity contribution in [1.82, 2.24) is 14.9 Å². The fourth-order valence-electron chi connectivity index (χ4n) is 3.05. The normalized spacial score (nSPS) is 19.3. The first-order valence-corrected chi connectivity index (χ1v) is 8.94. The Morgan fingerprint density at radius 1 is 1.43 bits per heavy atom. The van der Waals surface area contributed by atoms with E-state index in [-0.39, 0.29) is 5.91 Å². The van der Waals surface area contributed by atoms with Crippen LogP contribution in [0.3, 0.4) is 0 Å². The summed E-state index contributed by atoms with van der Waals surface area (Å²) in [6, 6.07) is 7.75. The lowest BCUT2D eigenvalue weighted by atomic mass is 9.85. The Bertz CT molecular complexity index is 621. The van der Waals surface area contributed by atoms with Crippen LogP contribution in [0, 0.1) is 11.8 Å². The molecule has 1 aliphatic heterocycles. The number of amides is 1. The minimum atomic E-state index is 0.0890. The third-order valence-corrected chi connectivity index (χ3v) is 4.98. The number of carbonyl (C=O) groups is 1. The molecule has 0 spiro atoms. The molecule has 0 saturated carbocycles. The number of anilines is 1. The molecule has 6 heteroatoms. The standard InChI is InChI=1S/C17H22N4OS/c1-12(14-3-2-8-18-10-14)9-17(22)19-15-6-4-13(5-7-15)16-11-23-21-20-16/h4-7,11-12,14,18H,2-3,8-10H2,1H3,(H,19,22). The lowest BCUT2D eigenvalue weighted by Crippen LogP contribution is -2.34. The fraction of sp³-hybridized carbons (Fsp3) is 0.471. The highest BCUT2D eigenvalue weighted by molar-refractivity contribution is 7.03. The van der Waals surface area contributed by atoms with Gasteiger partial charge in [0.05, 0.1) is 0 Å². The van der Waals surface area contributed by atoms with E-state index in [9.17, 15) is 4.79 Å². The Balaban J connectivity index is 1.53. The van der Waals surface area contributed by atoms with Gasteiger partial charge in [-0.25, -0.2) is 0 Å². The molecule has 1 fully saturated rings. The average molecular weight is 330 g/mol. The van der Waals surface area contributed by atoms with Gasteiger partial charge in [-0.05, 0) is 61.4 Å². The molecule has 1 aromatic carbocycles. The van der Waals surface area contributed by atoms with Crippen molar-refractivity contribution in [2.45, 2.75) is 26.2 Å². The average Bonchev–Trinajstić information content (AvgIpc) is 3.11. The summed E-state index contributed by atoms with van der Waals surface area (Å²) < 4.78 is 3.86. The molecule has 2 atom stereocenters. The summed E-state index contributed by atoms with van der Waals surface area (Å²) in [5.74, 6) is 1.10. The predicted octanol–water partition coefficient (Wildman–Crippen LogP) is 3.17. The Hall–Kier alpha value is -1.79. The first-order chi connectivity index (χ1) is 11.2. The van der Waals surface area contributed by atoms with E-state index in [0.717, 1.165) is 30.0 Å². The molecule has 2 heterocycles. The van der Waals surface area contributed by atoms with Crippen molar-refractivity contribution >= 4 is 23.1 Å². The van der Waals surface area contributed by atoms with Crippen LogP contribution in [0.4, 0.5) is 5.69 Å². The molecule has 2 aromatic rings. The third-order valence-electron chi connectivity index (χ3n) is 4.47. The van der Waals surface area contributed by atoms with E-state index in [0.29, 0.717) is 18.3 Å². The van der Waals surface area contributed by atoms with Crippen LogP contribution >= 0.6 is 11.5 Å². The maximum Gasteiger partial charge on any atom is 0.224 e. The number of nitrogens with zero attached hydrogens (tertiary/aromatic N) is 2. The summed E-state index contributed by atoms with van der Waals surface area (Å²) >= 11 is 1.33. The number of hydrogen-bond acceptors (Lipinski definition) is 5. The number of aromatic nitrogens is 2. The molecule has 0 aliphatic carbocycles. The number of piperidine rings is 1. The van der Waals surface area contributed by atoms with Crippen molar-refractivity contribution in [2.75, 3.05) is 18.4 Å². The van der Waals surface area contributed by atoms with E-state index in [1.165, 1.54) is 24.4 Å². The largest absolute Gasteiger partial charge is 0.326 e. The van der Waals surface area contributed by atoms with Gasteiger partial charge < -0.3 is 10.6 Å². The second kappa shape index (κ2) is 7.66. The monoisotopic (exact) mass is 330 g/mol. The Kier molecular flexibility index (Phi) is 5.35. The van der Waals surface area contributed by atoms with Crippen molar-refractivity contribution in [1.29, 1.82) is 0 Å². The maximum absolute atomic E-state index is 12.2. The van der Waals surface area contributed by atoms with E-state index in [4.69, 9.17) is 0 Å². The van der Waals surface area contributed by atoms with Crippen molar-refractivity contribution in [2.24, 2.45) is 11.8 Å². The molecule has 2 N–H and O–H groups in total. The van der Waals surface area contributed by atoms with Crippen LogP contribution in [0.15, 0.2) is 29.6 Å². The van der Waals surface area contributed by atoms with E-state index in [1.807, 2.05) is 29.6 Å². The van der Waals surface area contributed by atoms with Gasteiger partial charge in [-0.2, -0.15) is 0 Å². The SMILES string of the molecule is CC(CC(=O)Nc1ccc(-c2csnn2)cc1)C1CCCNC1. The van der Waals surface area contributed by atoms with Gasteiger partial charge in [-0.1, -0.05) is 23.5 Å². The highest BCUT2D eigenvalue weighted by Crippen LogP contribution is 2.24. The summed E-state index contributed by atoms with van der Waals surface area (Å²) in [6.45, 7) is 4.32. The number of rotatable bonds is 5. The van der Waals surface area contributed by atoms with Crippen molar-refractivity contribution < 1.29 is 4.79 Å². The molecule has 3 rings (SSSR count). The summed E-state index contributed by atoms with van der Waals surface area (Å²) in [6.07, 6.45) is 3.01. The predicted molar refractivity (Wildman–Crippen MR) is 93.3 cm³/mol. The summed E-state index contributed by atoms with van der Waals surface area (Å²) in [5.41, 5.74) is 2.71. The second-order valence-electron chi connectivity index (χ2n) is 6.20. The molecule has 1 aromatic heterocycles. The Morgan fingerprint density at radius 3 is 2.91 bits per heavy atom. The van der Waals surface area contributed by atoms with Gasteiger partial charge >= 0.3 is 0 Å². The van der Waals surface area contributed by atoms with Gasteiger partial charge in [0.25, 0.3) is 0 Å². The smallest absolute Gasteiger partial charge is 0.224 e. The van der Waals surface area contributed by atoms with Gasteiger partial charge in [0.2, 0.25) is 5.91 Å². The van der Waals surface area contributed by atoms with Crippen LogP contribution in [0.25, 0.3) is 11.3 Å². The zero-order valence-electron chi connectivity index (χ0n) is 13.3. The van der Waals surface area contributed by atoms with E-state index in [1.54, 1.807) is 0 Å². The molecule has 1 aliphatic rings. The van der Waals surface area contributed by atoms with Gasteiger partial charge in [0.1, 0.15) is 5.69 Å². The van der Waals surface area contributed by atoms with Crippen LogP contribution < -0.4 is 10.6 Å². The van der Waals surface area contributed by atoms with Gasteiger partial charge in [0, 0.05) is 23.1 Å². The van der Waals surface area contributed by atoms with Gasteiger partial charge in [-0.15, -0.1) is 5.10 Å². The van der Waals surface area contributed by atoms with Crippen LogP contribution in [0.2, 0.25) is 0 Å². The van der Waals surface area contributed by atoms with Crippen molar-refractivity contribution in [3.63, 3.8) is 0 Å². The minimum Gasteiger partial charge on any atom is -0.326 e. The van der Waals surface area contributed by atoms with E-state index in [2.05, 4.69) is 27.1 Å². The summed E-state index contributed by atoms with van der Waals surface area (Å²) in [5, 5.41) is 12.4. The van der Waals surface area contributed by atoms with Crippen molar-refractivity contribution in [3.8, 4) is 11.3 Å². The minimum absolute atomic E-state index is 0.0890. The summed E-state index contributed by atoms with van der Waals surface area (Å²) in [4.78, 5) is 12.2. The quantitative estimate of drug-likeness (QED) is 0.884. The molecular formula is C17H22N4OS. The maximum atomic E-state index is 12.2. The lowest BCUT2D eigenvalue weighted by Gasteiger charge is -2.28. The highest BCUT2D eigenvalue weighted by Gasteiger charge is 2.22. The number of nitrogens with one attached hydrogen (secondary N) is 2. The van der Waals surface area contributed by atoms with E-state index < -0.39 is 0 Å². The molecule has 0 bridgehead atoms. The molecule has 1 saturated heterocycles. The zero-order chi connectivity index (χ0) is 16.1. The molecule has 122 valence electrons. The zero-order valence-corrected chi connectivity index (χ0v) is 14.1. The van der Waals surface area contributed by atoms with E-state index >= 15 is 0 Å². The van der Waals surface area contributed by atoms with Crippen LogP contribution in [0.1, 0.15) is 26.2 Å². The Morgan fingerprint density at radius 2 is 2.26 bits per heavy atom. The van der Waals surface area contributed by atoms with Gasteiger partial charge in [-0.3, -0.25) is 4.79 Å². The summed E-state index contributed by atoms with van der Waals surface area (Å²) in [7, 11) is 0. The first kappa shape index (κ1) is 16.1. The van der Waals surface area contributed by atoms with Crippen LogP contribution in [-0.2, 0) is 4.79 Å². The molecule has 2 unspecified atom stereocenters. The highest BCUT2D eigenvalue weighted by atomic mass is 32.1. The topological polar surface area (TPSA) is 66.9 Å². The number of hydrogen-bond donors (Lipinski definition) is 2. The second-order valence-corrected chi connectivity index (χ2v) is 6.81. The number of benzene rings is 1.